The molecule has 3 N–H and O–H groups in total. The van der Waals surface area contributed by atoms with Crippen LogP contribution in [-0.4, -0.2) is 42.7 Å². The highest BCUT2D eigenvalue weighted by Gasteiger charge is 2.28. The highest BCUT2D eigenvalue weighted by atomic mass is 35.5. The molecule has 3 aromatic rings. The lowest BCUT2D eigenvalue weighted by Gasteiger charge is -2.29. The number of hydrogen-bond acceptors (Lipinski definition) is 5. The normalized spacial score (nSPS) is 18.1. The number of anilines is 1. The van der Waals surface area contributed by atoms with Crippen LogP contribution < -0.4 is 4.72 Å². The zero-order chi connectivity index (χ0) is 20.5. The maximum Gasteiger partial charge on any atom is 0.180 e. The van der Waals surface area contributed by atoms with Crippen LogP contribution in [0.1, 0.15) is 12.8 Å². The lowest BCUT2D eigenvalue weighted by molar-refractivity contribution is 0.113. The molecular formula is C19H19Cl2N3O3S2. The molecule has 0 saturated carbocycles. The van der Waals surface area contributed by atoms with E-state index in [-0.39, 0.29) is 6.10 Å². The summed E-state index contributed by atoms with van der Waals surface area (Å²) in [6, 6.07) is 10.3. The van der Waals surface area contributed by atoms with Gasteiger partial charge >= 0.3 is 0 Å². The van der Waals surface area contributed by atoms with Crippen molar-refractivity contribution in [1.82, 2.24) is 9.29 Å². The number of nitrogens with zero attached hydrogens (tertiary/aromatic N) is 1. The second-order valence-electron chi connectivity index (χ2n) is 6.73. The first-order valence-corrected chi connectivity index (χ1v) is 12.0. The zero-order valence-corrected chi connectivity index (χ0v) is 18.4. The van der Waals surface area contributed by atoms with Crippen molar-refractivity contribution in [2.75, 3.05) is 17.8 Å². The Labute approximate surface area is 184 Å². The lowest BCUT2D eigenvalue weighted by Crippen LogP contribution is -2.40. The molecule has 6 nitrogen and oxygen atoms in total. The van der Waals surface area contributed by atoms with Gasteiger partial charge in [-0.1, -0.05) is 23.2 Å². The Morgan fingerprint density at radius 2 is 1.66 bits per heavy atom. The van der Waals surface area contributed by atoms with Crippen molar-refractivity contribution in [3.05, 3.63) is 52.6 Å². The van der Waals surface area contributed by atoms with Gasteiger partial charge in [-0.05, 0) is 25.0 Å². The number of benzene rings is 2. The number of aliphatic hydroxyl groups excluding tert-OH is 1. The first-order chi connectivity index (χ1) is 13.9. The Balaban J connectivity index is 1.47. The van der Waals surface area contributed by atoms with Gasteiger partial charge in [0, 0.05) is 48.9 Å². The van der Waals surface area contributed by atoms with Crippen molar-refractivity contribution in [1.29, 1.82) is 0 Å². The van der Waals surface area contributed by atoms with Gasteiger partial charge in [-0.3, -0.25) is 0 Å². The molecule has 10 heteroatoms. The minimum Gasteiger partial charge on any atom is -0.593 e. The van der Waals surface area contributed by atoms with Crippen molar-refractivity contribution in [3.63, 3.8) is 0 Å². The number of nitrogens with one attached hydrogen (secondary N) is 2. The maximum absolute atomic E-state index is 12.8. The van der Waals surface area contributed by atoms with E-state index in [2.05, 4.69) is 9.71 Å². The third kappa shape index (κ3) is 4.50. The van der Waals surface area contributed by atoms with Gasteiger partial charge in [-0.25, -0.2) is 4.72 Å². The summed E-state index contributed by atoms with van der Waals surface area (Å²) < 4.78 is 30.3. The maximum atomic E-state index is 12.8. The molecule has 0 bridgehead atoms. The number of rotatable bonds is 5. The predicted octanol–water partition coefficient (Wildman–Crippen LogP) is 4.09. The van der Waals surface area contributed by atoms with Gasteiger partial charge in [0.15, 0.2) is 9.79 Å². The number of aliphatic hydroxyl groups is 1. The molecule has 1 aromatic heterocycles. The monoisotopic (exact) mass is 471 g/mol. The molecule has 0 aliphatic carbocycles. The number of H-pyrrole nitrogens is 1. The van der Waals surface area contributed by atoms with E-state index in [1.165, 1.54) is 0 Å². The summed E-state index contributed by atoms with van der Waals surface area (Å²) in [7, 11) is 0. The van der Waals surface area contributed by atoms with E-state index in [0.29, 0.717) is 62.4 Å². The molecule has 4 rings (SSSR count). The van der Waals surface area contributed by atoms with E-state index >= 15 is 0 Å². The largest absolute Gasteiger partial charge is 0.593 e. The van der Waals surface area contributed by atoms with Crippen LogP contribution in [0.3, 0.4) is 0 Å². The molecule has 1 aliphatic heterocycles. The fourth-order valence-corrected chi connectivity index (χ4v) is 5.89. The molecule has 29 heavy (non-hydrogen) atoms. The van der Waals surface area contributed by atoms with Crippen LogP contribution in [-0.2, 0) is 22.7 Å². The fourth-order valence-electron chi connectivity index (χ4n) is 3.25. The number of hydrogen-bond donors (Lipinski definition) is 3. The van der Waals surface area contributed by atoms with Gasteiger partial charge in [0.1, 0.15) is 17.0 Å². The number of aromatic nitrogens is 1. The average Bonchev–Trinajstić information content (AvgIpc) is 3.13. The Kier molecular flexibility index (Phi) is 6.53. The molecule has 2 unspecified atom stereocenters. The van der Waals surface area contributed by atoms with Crippen LogP contribution in [0.5, 0.6) is 0 Å². The Morgan fingerprint density at radius 1 is 1.00 bits per heavy atom. The standard InChI is InChI=1S/C19H19Cl2N3O3S2/c20-15-5-6-17(19-18(15)16(21)11-22-19)23-28(26)13-1-3-14(4-2-13)29(27)24-9-7-12(25)8-10-24/h1-6,11-12,22-23,25H,7-10H2. The molecule has 154 valence electrons. The molecule has 1 saturated heterocycles. The highest BCUT2D eigenvalue weighted by molar-refractivity contribution is 7.92. The van der Waals surface area contributed by atoms with E-state index in [4.69, 9.17) is 23.2 Å². The summed E-state index contributed by atoms with van der Waals surface area (Å²) in [5, 5.41) is 11.3. The molecule has 0 amide bonds. The highest BCUT2D eigenvalue weighted by Crippen LogP contribution is 2.35. The van der Waals surface area contributed by atoms with E-state index in [1.54, 1.807) is 42.6 Å². The van der Waals surface area contributed by atoms with Gasteiger partial charge in [0.2, 0.25) is 0 Å². The first-order valence-electron chi connectivity index (χ1n) is 9.02. The van der Waals surface area contributed by atoms with Gasteiger partial charge < -0.3 is 19.2 Å². The second kappa shape index (κ2) is 8.95. The number of piperidine rings is 1. The molecular weight excluding hydrogens is 453 g/mol. The van der Waals surface area contributed by atoms with E-state index in [1.807, 2.05) is 4.31 Å². The van der Waals surface area contributed by atoms with E-state index < -0.39 is 22.7 Å². The smallest absolute Gasteiger partial charge is 0.180 e. The summed E-state index contributed by atoms with van der Waals surface area (Å²) >= 11 is 9.54. The third-order valence-corrected chi connectivity index (χ3v) is 8.06. The van der Waals surface area contributed by atoms with Crippen molar-refractivity contribution >= 4 is 62.5 Å². The number of halogens is 2. The zero-order valence-electron chi connectivity index (χ0n) is 15.2. The van der Waals surface area contributed by atoms with Crippen molar-refractivity contribution < 1.29 is 14.2 Å². The summed E-state index contributed by atoms with van der Waals surface area (Å²) in [5.41, 5.74) is 1.30. The van der Waals surface area contributed by atoms with Crippen LogP contribution in [0.15, 0.2) is 52.4 Å². The van der Waals surface area contributed by atoms with Crippen LogP contribution in [0, 0.1) is 0 Å². The van der Waals surface area contributed by atoms with Crippen LogP contribution in [0.25, 0.3) is 10.9 Å². The van der Waals surface area contributed by atoms with Crippen LogP contribution in [0.2, 0.25) is 10.0 Å². The van der Waals surface area contributed by atoms with Crippen molar-refractivity contribution in [3.8, 4) is 0 Å². The molecule has 0 radical (unpaired) electrons. The summed E-state index contributed by atoms with van der Waals surface area (Å²) in [4.78, 5) is 4.24. The topological polar surface area (TPSA) is 97.4 Å². The summed E-state index contributed by atoms with van der Waals surface area (Å²) in [6.45, 7) is 1.18. The Hall–Kier alpha value is -1.10. The predicted molar refractivity (Wildman–Crippen MR) is 118 cm³/mol. The molecule has 2 atom stereocenters. The Bertz CT molecular complexity index is 994. The van der Waals surface area contributed by atoms with Crippen LogP contribution in [0.4, 0.5) is 5.69 Å². The Morgan fingerprint density at radius 3 is 2.34 bits per heavy atom. The fraction of sp³-hybridized carbons (Fsp3) is 0.263. The molecule has 0 spiro atoms. The third-order valence-electron chi connectivity index (χ3n) is 4.84. The van der Waals surface area contributed by atoms with Gasteiger partial charge in [-0.15, -0.1) is 4.31 Å². The number of fused-ring (bicyclic) bond motifs is 1. The minimum absolute atomic E-state index is 0.312. The first kappa shape index (κ1) is 21.1. The second-order valence-corrected chi connectivity index (χ2v) is 10.2. The van der Waals surface area contributed by atoms with Gasteiger partial charge in [0.05, 0.1) is 33.0 Å². The van der Waals surface area contributed by atoms with E-state index in [0.717, 1.165) is 0 Å². The minimum atomic E-state index is -1.52. The molecule has 1 fully saturated rings. The van der Waals surface area contributed by atoms with Gasteiger partial charge in [0.25, 0.3) is 0 Å². The molecule has 1 aliphatic rings. The van der Waals surface area contributed by atoms with Crippen molar-refractivity contribution in [2.24, 2.45) is 0 Å². The van der Waals surface area contributed by atoms with Crippen LogP contribution >= 0.6 is 23.2 Å². The number of aromatic amines is 1. The van der Waals surface area contributed by atoms with Crippen molar-refractivity contribution in [2.45, 2.75) is 28.7 Å². The summed E-state index contributed by atoms with van der Waals surface area (Å²) in [6.07, 6.45) is 2.57. The molecule has 2 heterocycles. The lowest BCUT2D eigenvalue weighted by atomic mass is 10.1. The summed E-state index contributed by atoms with van der Waals surface area (Å²) in [5.74, 6) is 0. The quantitative estimate of drug-likeness (QED) is 0.486. The average molecular weight is 472 g/mol. The molecule has 2 aromatic carbocycles. The van der Waals surface area contributed by atoms with E-state index in [9.17, 15) is 14.2 Å². The SMILES string of the molecule is [O-][S+](Nc1ccc(Cl)c2c(Cl)c[nH]c12)c1ccc([S+]([O-])N2CCC(O)CC2)cc1. The van der Waals surface area contributed by atoms with Gasteiger partial charge in [-0.2, -0.15) is 0 Å².